The summed E-state index contributed by atoms with van der Waals surface area (Å²) < 4.78 is 4.85. The number of nitrogens with two attached hydrogens (primary N) is 1. The molecule has 3 rings (SSSR count). The third kappa shape index (κ3) is 3.84. The topological polar surface area (TPSA) is 183 Å². The van der Waals surface area contributed by atoms with E-state index in [4.69, 9.17) is 20.1 Å². The number of hydroxylamine groups is 2. The second-order valence-electron chi connectivity index (χ2n) is 5.95. The molecule has 0 aliphatic carbocycles. The van der Waals surface area contributed by atoms with Crippen LogP contribution in [-0.2, 0) is 33.6 Å². The number of nitrogens with zero attached hydrogens (tertiary/aromatic N) is 3. The van der Waals surface area contributed by atoms with Crippen LogP contribution in [0.3, 0.4) is 0 Å². The van der Waals surface area contributed by atoms with Crippen molar-refractivity contribution in [3.63, 3.8) is 0 Å². The number of aromatic nitrogens is 1. The van der Waals surface area contributed by atoms with E-state index in [1.165, 1.54) is 5.38 Å². The molecule has 14 heteroatoms. The van der Waals surface area contributed by atoms with Crippen LogP contribution in [0.25, 0.3) is 0 Å². The first-order valence-electron chi connectivity index (χ1n) is 8.43. The van der Waals surface area contributed by atoms with Crippen molar-refractivity contribution in [2.45, 2.75) is 31.5 Å². The van der Waals surface area contributed by atoms with Crippen molar-refractivity contribution in [1.29, 1.82) is 0 Å². The molecule has 1 unspecified atom stereocenters. The Bertz CT molecular complexity index is 886. The lowest BCUT2D eigenvalue weighted by molar-refractivity contribution is -0.256. The summed E-state index contributed by atoms with van der Waals surface area (Å²) in [6, 6.07) is -1.24. The molecule has 13 nitrogen and oxygen atoms in total. The van der Waals surface area contributed by atoms with Crippen LogP contribution in [-0.4, -0.2) is 69.6 Å². The number of thiazole rings is 1. The number of nitrogens with one attached hydrogen (secondary N) is 1. The summed E-state index contributed by atoms with van der Waals surface area (Å²) in [4.78, 5) is 62.4. The quantitative estimate of drug-likeness (QED) is 0.273. The van der Waals surface area contributed by atoms with Gasteiger partial charge in [0.2, 0.25) is 0 Å². The number of rotatable bonds is 7. The van der Waals surface area contributed by atoms with E-state index >= 15 is 0 Å². The third-order valence-electron chi connectivity index (χ3n) is 4.05. The van der Waals surface area contributed by atoms with Crippen LogP contribution >= 0.6 is 11.3 Å². The molecule has 0 spiro atoms. The molecule has 2 saturated heterocycles. The molecule has 2 aliphatic heterocycles. The predicted octanol–water partition coefficient (Wildman–Crippen LogP) is -1.16. The lowest BCUT2D eigenvalue weighted by Gasteiger charge is -2.30. The standard InChI is InChI=1S/C15H17N5O8S/c1-2-26-19-10(8-6-29-14(16)18-8)11(22)17-7-5-27-20(12(7)23)15(13(24)25)4-3-9(21)28-15/h6-7H,2-5H2,1H3,(H2,16,18)(H,17,22)(H,24,25)/b19-10-/t7-,15?/m0/s1. The Balaban J connectivity index is 1.76. The lowest BCUT2D eigenvalue weighted by Crippen LogP contribution is -2.57. The molecule has 1 aromatic heterocycles. The van der Waals surface area contributed by atoms with Crippen molar-refractivity contribution in [2.75, 3.05) is 18.9 Å². The maximum absolute atomic E-state index is 12.6. The Morgan fingerprint density at radius 2 is 2.31 bits per heavy atom. The van der Waals surface area contributed by atoms with Crippen molar-refractivity contribution in [3.8, 4) is 0 Å². The third-order valence-corrected chi connectivity index (χ3v) is 4.73. The summed E-state index contributed by atoms with van der Waals surface area (Å²) in [5.41, 5.74) is 3.24. The van der Waals surface area contributed by atoms with Gasteiger partial charge in [0, 0.05) is 11.8 Å². The van der Waals surface area contributed by atoms with Crippen LogP contribution in [0.4, 0.5) is 5.13 Å². The molecule has 0 radical (unpaired) electrons. The summed E-state index contributed by atoms with van der Waals surface area (Å²) in [5.74, 6) is -4.02. The van der Waals surface area contributed by atoms with Crippen molar-refractivity contribution < 1.29 is 38.7 Å². The number of amides is 2. The van der Waals surface area contributed by atoms with Crippen molar-refractivity contribution in [2.24, 2.45) is 5.16 Å². The molecule has 3 heterocycles. The van der Waals surface area contributed by atoms with Crippen LogP contribution in [0.5, 0.6) is 0 Å². The molecule has 29 heavy (non-hydrogen) atoms. The van der Waals surface area contributed by atoms with Gasteiger partial charge in [0.15, 0.2) is 10.8 Å². The Kier molecular flexibility index (Phi) is 5.65. The fraction of sp³-hybridized carbons (Fsp3) is 0.467. The number of esters is 1. The van der Waals surface area contributed by atoms with Crippen LogP contribution in [0.2, 0.25) is 0 Å². The van der Waals surface area contributed by atoms with E-state index in [9.17, 15) is 24.3 Å². The SMILES string of the molecule is CCO/N=C(\C(=O)N[C@H]1CON(C2(C(=O)O)CCC(=O)O2)C1=O)c1csc(N)n1. The lowest BCUT2D eigenvalue weighted by atomic mass is 10.1. The first-order chi connectivity index (χ1) is 13.8. The van der Waals surface area contributed by atoms with Gasteiger partial charge in [0.05, 0.1) is 6.42 Å². The van der Waals surface area contributed by atoms with Gasteiger partial charge >= 0.3 is 17.7 Å². The van der Waals surface area contributed by atoms with Crippen LogP contribution in [0, 0.1) is 0 Å². The van der Waals surface area contributed by atoms with Gasteiger partial charge in [0.25, 0.3) is 11.8 Å². The first-order valence-corrected chi connectivity index (χ1v) is 9.31. The molecule has 1 aromatic rings. The van der Waals surface area contributed by atoms with Crippen LogP contribution in [0.1, 0.15) is 25.5 Å². The minimum atomic E-state index is -2.26. The monoisotopic (exact) mass is 427 g/mol. The number of anilines is 1. The Morgan fingerprint density at radius 1 is 1.55 bits per heavy atom. The minimum Gasteiger partial charge on any atom is -0.477 e. The van der Waals surface area contributed by atoms with Gasteiger partial charge in [-0.05, 0) is 6.92 Å². The molecule has 0 aromatic carbocycles. The fourth-order valence-corrected chi connectivity index (χ4v) is 3.26. The summed E-state index contributed by atoms with van der Waals surface area (Å²) >= 11 is 1.08. The number of hydrogen-bond donors (Lipinski definition) is 3. The van der Waals surface area contributed by atoms with E-state index < -0.39 is 35.5 Å². The maximum Gasteiger partial charge on any atom is 0.372 e. The zero-order chi connectivity index (χ0) is 21.2. The number of oxime groups is 1. The van der Waals surface area contributed by atoms with Gasteiger partial charge in [-0.2, -0.15) is 5.06 Å². The van der Waals surface area contributed by atoms with Crippen molar-refractivity contribution >= 4 is 45.9 Å². The summed E-state index contributed by atoms with van der Waals surface area (Å²) in [5, 5.41) is 17.7. The number of cyclic esters (lactones) is 1. The summed E-state index contributed by atoms with van der Waals surface area (Å²) in [6.07, 6.45) is -0.463. The molecule has 0 saturated carbocycles. The molecular formula is C15H17N5O8S. The molecular weight excluding hydrogens is 410 g/mol. The second kappa shape index (κ2) is 8.00. The molecule has 2 fully saturated rings. The fourth-order valence-electron chi connectivity index (χ4n) is 2.71. The van der Waals surface area contributed by atoms with Crippen LogP contribution < -0.4 is 11.1 Å². The minimum absolute atomic E-state index is 0.147. The van der Waals surface area contributed by atoms with Gasteiger partial charge in [-0.25, -0.2) is 9.78 Å². The zero-order valence-corrected chi connectivity index (χ0v) is 15.9. The largest absolute Gasteiger partial charge is 0.477 e. The predicted molar refractivity (Wildman–Crippen MR) is 95.1 cm³/mol. The maximum atomic E-state index is 12.6. The summed E-state index contributed by atoms with van der Waals surface area (Å²) in [6.45, 7) is 1.48. The number of nitrogen functional groups attached to an aromatic ring is 1. The molecule has 4 N–H and O–H groups in total. The number of hydrogen-bond acceptors (Lipinski definition) is 11. The smallest absolute Gasteiger partial charge is 0.372 e. The molecule has 2 atom stereocenters. The Hall–Kier alpha value is -3.26. The van der Waals surface area contributed by atoms with E-state index in [0.29, 0.717) is 5.06 Å². The normalized spacial score (nSPS) is 24.5. The molecule has 0 bridgehead atoms. The first kappa shape index (κ1) is 20.5. The molecule has 156 valence electrons. The van der Waals surface area contributed by atoms with Gasteiger partial charge in [0.1, 0.15) is 24.9 Å². The van der Waals surface area contributed by atoms with E-state index in [1.54, 1.807) is 6.92 Å². The highest BCUT2D eigenvalue weighted by molar-refractivity contribution is 7.13. The Morgan fingerprint density at radius 3 is 2.86 bits per heavy atom. The van der Waals surface area contributed by atoms with Gasteiger partial charge in [-0.3, -0.25) is 19.2 Å². The highest BCUT2D eigenvalue weighted by Crippen LogP contribution is 2.34. The number of carbonyl (C=O) groups excluding carboxylic acids is 3. The van der Waals surface area contributed by atoms with Gasteiger partial charge in [-0.1, -0.05) is 5.16 Å². The number of ether oxygens (including phenoxy) is 1. The van der Waals surface area contributed by atoms with Crippen molar-refractivity contribution in [1.82, 2.24) is 15.4 Å². The Labute approximate surface area is 167 Å². The number of carboxylic acid groups (broad SMARTS) is 1. The highest BCUT2D eigenvalue weighted by Gasteiger charge is 2.59. The highest BCUT2D eigenvalue weighted by atomic mass is 32.1. The number of carboxylic acids is 1. The average Bonchev–Trinajstić information content (AvgIpc) is 3.36. The van der Waals surface area contributed by atoms with Gasteiger partial charge < -0.3 is 25.7 Å². The molecule has 2 aliphatic rings. The van der Waals surface area contributed by atoms with E-state index in [-0.39, 0.29) is 42.6 Å². The summed E-state index contributed by atoms with van der Waals surface area (Å²) in [7, 11) is 0. The van der Waals surface area contributed by atoms with E-state index in [0.717, 1.165) is 11.3 Å². The van der Waals surface area contributed by atoms with Crippen molar-refractivity contribution in [3.05, 3.63) is 11.1 Å². The number of carbonyl (C=O) groups is 4. The number of aliphatic carboxylic acids is 1. The zero-order valence-electron chi connectivity index (χ0n) is 15.1. The van der Waals surface area contributed by atoms with E-state index in [2.05, 4.69) is 15.5 Å². The average molecular weight is 427 g/mol. The van der Waals surface area contributed by atoms with Gasteiger partial charge in [-0.15, -0.1) is 11.3 Å². The van der Waals surface area contributed by atoms with Crippen LogP contribution in [0.15, 0.2) is 10.5 Å². The second-order valence-corrected chi connectivity index (χ2v) is 6.84. The van der Waals surface area contributed by atoms with E-state index in [1.807, 2.05) is 0 Å². The molecule has 2 amide bonds.